The number of methoxy groups -OCH3 is 1. The summed E-state index contributed by atoms with van der Waals surface area (Å²) in [5.41, 5.74) is 2.41. The number of halogens is 2. The molecular weight excluding hydrogens is 371 g/mol. The number of hydrogen-bond acceptors (Lipinski definition) is 5. The van der Waals surface area contributed by atoms with Crippen LogP contribution in [0.3, 0.4) is 0 Å². The van der Waals surface area contributed by atoms with Crippen molar-refractivity contribution in [1.82, 2.24) is 14.5 Å². The number of aromatic nitrogens is 3. The fourth-order valence-corrected chi connectivity index (χ4v) is 3.66. The second-order valence-corrected chi connectivity index (χ2v) is 6.85. The van der Waals surface area contributed by atoms with Crippen LogP contribution in [0.15, 0.2) is 24.3 Å². The Bertz CT molecular complexity index is 985. The third-order valence-electron chi connectivity index (χ3n) is 4.68. The number of ether oxygens (including phenoxy) is 2. The Morgan fingerprint density at radius 3 is 2.89 bits per heavy atom. The largest absolute Gasteiger partial charge is 0.492 e. The first-order valence-electron chi connectivity index (χ1n) is 8.84. The number of rotatable bonds is 4. The van der Waals surface area contributed by atoms with Crippen LogP contribution < -0.4 is 10.1 Å². The molecule has 1 aliphatic rings. The van der Waals surface area contributed by atoms with Crippen LogP contribution in [-0.4, -0.2) is 28.3 Å². The Morgan fingerprint density at radius 2 is 2.15 bits per heavy atom. The van der Waals surface area contributed by atoms with E-state index in [1.54, 1.807) is 18.2 Å². The molecule has 8 heteroatoms. The molecule has 0 saturated carbocycles. The molecule has 1 unspecified atom stereocenters. The first-order valence-corrected chi connectivity index (χ1v) is 9.22. The van der Waals surface area contributed by atoms with E-state index in [4.69, 9.17) is 21.1 Å². The van der Waals surface area contributed by atoms with Gasteiger partial charge in [0.25, 0.3) is 0 Å². The van der Waals surface area contributed by atoms with E-state index in [9.17, 15) is 4.39 Å². The van der Waals surface area contributed by atoms with Gasteiger partial charge in [-0.15, -0.1) is 0 Å². The smallest absolute Gasteiger partial charge is 0.177 e. The van der Waals surface area contributed by atoms with Crippen LogP contribution in [0.5, 0.6) is 5.75 Å². The van der Waals surface area contributed by atoms with Crippen molar-refractivity contribution in [2.45, 2.75) is 32.4 Å². The highest BCUT2D eigenvalue weighted by Crippen LogP contribution is 2.35. The molecular formula is C19H20ClFN4O2. The lowest BCUT2D eigenvalue weighted by atomic mass is 10.2. The van der Waals surface area contributed by atoms with E-state index < -0.39 is 5.82 Å². The average molecular weight is 391 g/mol. The van der Waals surface area contributed by atoms with Crippen LogP contribution in [0.4, 0.5) is 15.8 Å². The topological polar surface area (TPSA) is 61.2 Å². The van der Waals surface area contributed by atoms with Crippen LogP contribution in [0.25, 0.3) is 11.2 Å². The molecule has 27 heavy (non-hydrogen) atoms. The number of nitrogens with one attached hydrogen (secondary N) is 1. The minimum Gasteiger partial charge on any atom is -0.492 e. The van der Waals surface area contributed by atoms with Crippen molar-refractivity contribution in [3.8, 4) is 5.75 Å². The van der Waals surface area contributed by atoms with Crippen molar-refractivity contribution in [2.75, 3.05) is 19.0 Å². The van der Waals surface area contributed by atoms with Gasteiger partial charge in [0.15, 0.2) is 17.2 Å². The zero-order valence-electron chi connectivity index (χ0n) is 15.1. The number of imidazole rings is 1. The molecule has 3 aromatic rings. The molecule has 3 heterocycles. The fourth-order valence-electron chi connectivity index (χ4n) is 3.47. The predicted octanol–water partition coefficient (Wildman–Crippen LogP) is 4.98. The van der Waals surface area contributed by atoms with Crippen LogP contribution >= 0.6 is 11.6 Å². The van der Waals surface area contributed by atoms with Crippen LogP contribution in [0.1, 0.15) is 31.3 Å². The summed E-state index contributed by atoms with van der Waals surface area (Å²) in [6.45, 7) is 2.63. The molecule has 142 valence electrons. The van der Waals surface area contributed by atoms with Crippen molar-refractivity contribution in [2.24, 2.45) is 0 Å². The molecule has 0 aliphatic carbocycles. The highest BCUT2D eigenvalue weighted by molar-refractivity contribution is 6.30. The second kappa shape index (κ2) is 7.32. The molecule has 0 spiro atoms. The summed E-state index contributed by atoms with van der Waals surface area (Å²) < 4.78 is 27.1. The number of hydrogen-bond donors (Lipinski definition) is 1. The van der Waals surface area contributed by atoms with E-state index in [0.717, 1.165) is 31.7 Å². The normalized spacial score (nSPS) is 17.3. The molecule has 1 saturated heterocycles. The van der Waals surface area contributed by atoms with Gasteiger partial charge in [0.2, 0.25) is 0 Å². The van der Waals surface area contributed by atoms with Crippen molar-refractivity contribution in [3.05, 3.63) is 41.1 Å². The Hall–Kier alpha value is -2.38. The minimum absolute atomic E-state index is 0.105. The summed E-state index contributed by atoms with van der Waals surface area (Å²) >= 11 is 6.28. The molecule has 1 aliphatic heterocycles. The molecule has 1 aromatic carbocycles. The zero-order chi connectivity index (χ0) is 19.0. The van der Waals surface area contributed by atoms with Crippen molar-refractivity contribution in [3.63, 3.8) is 0 Å². The number of pyridine rings is 1. The van der Waals surface area contributed by atoms with Crippen LogP contribution in [0.2, 0.25) is 5.15 Å². The molecule has 1 N–H and O–H groups in total. The Kier molecular flexibility index (Phi) is 4.88. The fraction of sp³-hybridized carbons (Fsp3) is 0.368. The summed E-state index contributed by atoms with van der Waals surface area (Å²) in [5, 5.41) is 3.50. The molecule has 2 aromatic heterocycles. The van der Waals surface area contributed by atoms with Gasteiger partial charge in [-0.3, -0.25) is 4.57 Å². The molecule has 4 rings (SSSR count). The van der Waals surface area contributed by atoms with E-state index in [1.165, 1.54) is 13.2 Å². The lowest BCUT2D eigenvalue weighted by molar-refractivity contribution is -0.0309. The molecule has 0 amide bonds. The number of benzene rings is 1. The first-order chi connectivity index (χ1) is 13.1. The third kappa shape index (κ3) is 3.33. The van der Waals surface area contributed by atoms with Crippen molar-refractivity contribution < 1.29 is 13.9 Å². The van der Waals surface area contributed by atoms with Gasteiger partial charge in [-0.1, -0.05) is 17.7 Å². The van der Waals surface area contributed by atoms with Gasteiger partial charge in [0.1, 0.15) is 22.7 Å². The lowest BCUT2D eigenvalue weighted by Crippen LogP contribution is -2.19. The molecule has 0 radical (unpaired) electrons. The van der Waals surface area contributed by atoms with E-state index in [1.807, 2.05) is 11.5 Å². The van der Waals surface area contributed by atoms with E-state index in [0.29, 0.717) is 27.7 Å². The Morgan fingerprint density at radius 1 is 1.30 bits per heavy atom. The monoisotopic (exact) mass is 390 g/mol. The maximum atomic E-state index is 14.0. The summed E-state index contributed by atoms with van der Waals surface area (Å²) in [6, 6.07) is 6.36. The SMILES string of the molecule is COc1c(F)cccc1Nc1cc(Cl)nc2c1nc(C)n2C1CCCCO1. The lowest BCUT2D eigenvalue weighted by Gasteiger charge is -2.25. The quantitative estimate of drug-likeness (QED) is 0.636. The number of fused-ring (bicyclic) bond motifs is 1. The van der Waals surface area contributed by atoms with Gasteiger partial charge in [-0.05, 0) is 38.3 Å². The molecule has 6 nitrogen and oxygen atoms in total. The minimum atomic E-state index is -0.448. The average Bonchev–Trinajstić information content (AvgIpc) is 2.98. The molecule has 1 atom stereocenters. The summed E-state index contributed by atoms with van der Waals surface area (Å²) in [7, 11) is 1.43. The standard InChI is InChI=1S/C19H20ClFN4O2/c1-11-22-17-14(23-13-7-5-6-12(21)18(13)26-2)10-15(20)24-19(17)25(11)16-8-3-4-9-27-16/h5-7,10,16H,3-4,8-9H2,1-2H3,(H,23,24). The number of anilines is 2. The number of para-hydroxylation sites is 1. The van der Waals surface area contributed by atoms with E-state index in [2.05, 4.69) is 15.3 Å². The maximum absolute atomic E-state index is 14.0. The Labute approximate surface area is 161 Å². The maximum Gasteiger partial charge on any atom is 0.177 e. The van der Waals surface area contributed by atoms with Crippen LogP contribution in [0, 0.1) is 12.7 Å². The Balaban J connectivity index is 1.81. The highest BCUT2D eigenvalue weighted by atomic mass is 35.5. The van der Waals surface area contributed by atoms with Gasteiger partial charge < -0.3 is 14.8 Å². The second-order valence-electron chi connectivity index (χ2n) is 6.46. The third-order valence-corrected chi connectivity index (χ3v) is 4.87. The van der Waals surface area contributed by atoms with Gasteiger partial charge >= 0.3 is 0 Å². The first kappa shape index (κ1) is 18.0. The van der Waals surface area contributed by atoms with Gasteiger partial charge in [-0.2, -0.15) is 0 Å². The summed E-state index contributed by atoms with van der Waals surface area (Å²) in [4.78, 5) is 9.14. The predicted molar refractivity (Wildman–Crippen MR) is 102 cm³/mol. The number of nitrogens with zero attached hydrogens (tertiary/aromatic N) is 3. The van der Waals surface area contributed by atoms with Gasteiger partial charge in [0, 0.05) is 12.7 Å². The van der Waals surface area contributed by atoms with Gasteiger partial charge in [-0.25, -0.2) is 14.4 Å². The van der Waals surface area contributed by atoms with Crippen molar-refractivity contribution in [1.29, 1.82) is 0 Å². The van der Waals surface area contributed by atoms with E-state index >= 15 is 0 Å². The zero-order valence-corrected chi connectivity index (χ0v) is 15.9. The van der Waals surface area contributed by atoms with Crippen molar-refractivity contribution >= 4 is 34.1 Å². The number of aryl methyl sites for hydroxylation is 1. The van der Waals surface area contributed by atoms with E-state index in [-0.39, 0.29) is 12.0 Å². The molecule has 1 fully saturated rings. The summed E-state index contributed by atoms with van der Waals surface area (Å²) in [5.74, 6) is 0.475. The van der Waals surface area contributed by atoms with Crippen LogP contribution in [-0.2, 0) is 4.74 Å². The van der Waals surface area contributed by atoms with Gasteiger partial charge in [0.05, 0.1) is 18.5 Å². The summed E-state index contributed by atoms with van der Waals surface area (Å²) in [6.07, 6.45) is 2.95. The highest BCUT2D eigenvalue weighted by Gasteiger charge is 2.23. The molecule has 0 bridgehead atoms.